The van der Waals surface area contributed by atoms with Crippen molar-refractivity contribution < 1.29 is 27.1 Å². The molecule has 1 amide bonds. The molecule has 1 heterocycles. The van der Waals surface area contributed by atoms with Gasteiger partial charge in [0, 0.05) is 29.2 Å². The zero-order valence-electron chi connectivity index (χ0n) is 20.8. The van der Waals surface area contributed by atoms with E-state index < -0.39 is 10.0 Å². The first kappa shape index (κ1) is 28.2. The molecular weight excluding hydrogens is 593 g/mol. The molecule has 0 fully saturated rings. The Bertz CT molecular complexity index is 1600. The summed E-state index contributed by atoms with van der Waals surface area (Å²) in [5.41, 5.74) is 1.75. The van der Waals surface area contributed by atoms with Crippen LogP contribution in [0.1, 0.15) is 19.3 Å². The van der Waals surface area contributed by atoms with Gasteiger partial charge in [0.05, 0.1) is 28.6 Å². The number of hydrogen-bond donors (Lipinski definition) is 3. The Kier molecular flexibility index (Phi) is 8.94. The van der Waals surface area contributed by atoms with Crippen LogP contribution in [0.5, 0.6) is 11.5 Å². The number of aromatic nitrogens is 2. The number of methoxy groups -OCH3 is 1. The van der Waals surface area contributed by atoms with E-state index in [-0.39, 0.29) is 23.0 Å². The summed E-state index contributed by atoms with van der Waals surface area (Å²) in [6, 6.07) is 13.7. The summed E-state index contributed by atoms with van der Waals surface area (Å²) >= 11 is 3.18. The van der Waals surface area contributed by atoms with Crippen LogP contribution in [0, 0.1) is 5.82 Å². The van der Waals surface area contributed by atoms with Gasteiger partial charge in [0.25, 0.3) is 0 Å². The van der Waals surface area contributed by atoms with Gasteiger partial charge in [-0.15, -0.1) is 0 Å². The third kappa shape index (κ3) is 7.40. The van der Waals surface area contributed by atoms with E-state index in [0.717, 1.165) is 0 Å². The molecule has 4 aromatic rings. The number of rotatable bonds is 11. The Morgan fingerprint density at radius 3 is 2.46 bits per heavy atom. The van der Waals surface area contributed by atoms with Crippen LogP contribution in [0.2, 0.25) is 0 Å². The van der Waals surface area contributed by atoms with Gasteiger partial charge in [0.1, 0.15) is 18.0 Å². The van der Waals surface area contributed by atoms with E-state index in [1.165, 1.54) is 43.8 Å². The second-order valence-corrected chi connectivity index (χ2v) is 10.8. The van der Waals surface area contributed by atoms with Crippen molar-refractivity contribution in [2.75, 3.05) is 24.4 Å². The summed E-state index contributed by atoms with van der Waals surface area (Å²) in [5, 5.41) is 11.7. The number of anilines is 3. The molecule has 0 atom stereocenters. The standard InChI is InChI=1S/C26H25BrFN5O5S/c1-37-23-14-22-19(26(31-15-30-22)33-17-7-10-21(28)20(27)12-17)13-24(23)38-11-3-2-4-25(34)32-16-5-8-18(9-6-16)39(29,35)36/h5-10,12-15H,2-4,11H2,1H3,(H,32,34)(H2,29,35,36)(H,30,31,33). The Balaban J connectivity index is 1.35. The number of ether oxygens (including phenoxy) is 2. The van der Waals surface area contributed by atoms with E-state index in [2.05, 4.69) is 36.5 Å². The summed E-state index contributed by atoms with van der Waals surface area (Å²) in [5.74, 6) is 0.923. The van der Waals surface area contributed by atoms with Crippen LogP contribution >= 0.6 is 15.9 Å². The highest BCUT2D eigenvalue weighted by Gasteiger charge is 2.13. The molecule has 0 spiro atoms. The number of amides is 1. The van der Waals surface area contributed by atoms with Crippen molar-refractivity contribution in [2.45, 2.75) is 24.2 Å². The fourth-order valence-corrected chi connectivity index (χ4v) is 4.56. The molecular formula is C26H25BrFN5O5S. The molecule has 4 N–H and O–H groups in total. The van der Waals surface area contributed by atoms with Crippen LogP contribution in [-0.4, -0.2) is 38.0 Å². The van der Waals surface area contributed by atoms with E-state index in [1.807, 2.05) is 0 Å². The lowest BCUT2D eigenvalue weighted by Gasteiger charge is -2.14. The molecule has 204 valence electrons. The summed E-state index contributed by atoms with van der Waals surface area (Å²) < 4.78 is 48.0. The number of sulfonamides is 1. The maximum absolute atomic E-state index is 13.6. The van der Waals surface area contributed by atoms with Gasteiger partial charge in [-0.2, -0.15) is 0 Å². The summed E-state index contributed by atoms with van der Waals surface area (Å²) in [6.07, 6.45) is 2.83. The normalized spacial score (nSPS) is 11.3. The molecule has 0 unspecified atom stereocenters. The number of benzene rings is 3. The number of carbonyl (C=O) groups is 1. The lowest BCUT2D eigenvalue weighted by molar-refractivity contribution is -0.116. The maximum Gasteiger partial charge on any atom is 0.238 e. The molecule has 0 aliphatic rings. The van der Waals surface area contributed by atoms with E-state index in [0.29, 0.717) is 63.5 Å². The summed E-state index contributed by atoms with van der Waals surface area (Å²) in [6.45, 7) is 0.333. The van der Waals surface area contributed by atoms with E-state index in [9.17, 15) is 17.6 Å². The van der Waals surface area contributed by atoms with Crippen molar-refractivity contribution in [3.63, 3.8) is 0 Å². The van der Waals surface area contributed by atoms with Gasteiger partial charge in [-0.25, -0.2) is 27.9 Å². The van der Waals surface area contributed by atoms with Crippen molar-refractivity contribution in [3.8, 4) is 11.5 Å². The second-order valence-electron chi connectivity index (χ2n) is 8.42. The van der Waals surface area contributed by atoms with Crippen LogP contribution in [0.15, 0.2) is 70.3 Å². The maximum atomic E-state index is 13.6. The topological polar surface area (TPSA) is 146 Å². The van der Waals surface area contributed by atoms with Crippen molar-refractivity contribution >= 4 is 60.0 Å². The van der Waals surface area contributed by atoms with Gasteiger partial charge in [-0.3, -0.25) is 4.79 Å². The lowest BCUT2D eigenvalue weighted by Crippen LogP contribution is -2.13. The molecule has 0 aliphatic carbocycles. The summed E-state index contributed by atoms with van der Waals surface area (Å²) in [4.78, 5) is 20.8. The molecule has 39 heavy (non-hydrogen) atoms. The number of unbranched alkanes of at least 4 members (excludes halogenated alkanes) is 1. The van der Waals surface area contributed by atoms with Crippen molar-refractivity contribution in [2.24, 2.45) is 5.14 Å². The monoisotopic (exact) mass is 617 g/mol. The van der Waals surface area contributed by atoms with Crippen molar-refractivity contribution in [3.05, 3.63) is 71.2 Å². The van der Waals surface area contributed by atoms with Crippen LogP contribution in [0.4, 0.5) is 21.6 Å². The molecule has 0 saturated carbocycles. The van der Waals surface area contributed by atoms with E-state index in [4.69, 9.17) is 14.6 Å². The third-order valence-corrected chi connectivity index (χ3v) is 7.16. The number of nitrogens with one attached hydrogen (secondary N) is 2. The highest BCUT2D eigenvalue weighted by molar-refractivity contribution is 9.10. The molecule has 0 radical (unpaired) electrons. The van der Waals surface area contributed by atoms with E-state index in [1.54, 1.807) is 24.3 Å². The Morgan fingerprint density at radius 1 is 1.03 bits per heavy atom. The molecule has 1 aromatic heterocycles. The molecule has 0 saturated heterocycles. The predicted octanol–water partition coefficient (Wildman–Crippen LogP) is 5.12. The minimum Gasteiger partial charge on any atom is -0.493 e. The van der Waals surface area contributed by atoms with E-state index >= 15 is 0 Å². The minimum absolute atomic E-state index is 0.0280. The highest BCUT2D eigenvalue weighted by atomic mass is 79.9. The number of primary sulfonamides is 1. The molecule has 13 heteroatoms. The average molecular weight is 618 g/mol. The Hall–Kier alpha value is -3.81. The molecule has 0 bridgehead atoms. The largest absolute Gasteiger partial charge is 0.493 e. The first-order valence-electron chi connectivity index (χ1n) is 11.7. The van der Waals surface area contributed by atoms with Gasteiger partial charge >= 0.3 is 0 Å². The highest BCUT2D eigenvalue weighted by Crippen LogP contribution is 2.35. The number of hydrogen-bond acceptors (Lipinski definition) is 8. The number of nitrogens with two attached hydrogens (primary N) is 1. The van der Waals surface area contributed by atoms with Crippen LogP contribution in [-0.2, 0) is 14.8 Å². The molecule has 0 aliphatic heterocycles. The van der Waals surface area contributed by atoms with Gasteiger partial charge in [-0.1, -0.05) is 0 Å². The molecule has 10 nitrogen and oxygen atoms in total. The first-order valence-corrected chi connectivity index (χ1v) is 14.1. The smallest absolute Gasteiger partial charge is 0.238 e. The number of carbonyl (C=O) groups excluding carboxylic acids is 1. The summed E-state index contributed by atoms with van der Waals surface area (Å²) in [7, 11) is -2.26. The first-order chi connectivity index (χ1) is 18.6. The Morgan fingerprint density at radius 2 is 1.77 bits per heavy atom. The Labute approximate surface area is 232 Å². The SMILES string of the molecule is COc1cc2ncnc(Nc3ccc(F)c(Br)c3)c2cc1OCCCCC(=O)Nc1ccc(S(N)(=O)=O)cc1. The quantitative estimate of drug-likeness (QED) is 0.197. The van der Waals surface area contributed by atoms with Crippen molar-refractivity contribution in [1.82, 2.24) is 9.97 Å². The molecule has 3 aromatic carbocycles. The second kappa shape index (κ2) is 12.4. The van der Waals surface area contributed by atoms with Crippen LogP contribution < -0.4 is 25.2 Å². The van der Waals surface area contributed by atoms with Gasteiger partial charge in [-0.05, 0) is 77.3 Å². The number of nitrogens with zero attached hydrogens (tertiary/aromatic N) is 2. The van der Waals surface area contributed by atoms with Crippen LogP contribution in [0.3, 0.4) is 0 Å². The van der Waals surface area contributed by atoms with Gasteiger partial charge in [0.15, 0.2) is 11.5 Å². The fraction of sp³-hybridized carbons (Fsp3) is 0.192. The predicted molar refractivity (Wildman–Crippen MR) is 149 cm³/mol. The fourth-order valence-electron chi connectivity index (χ4n) is 3.67. The zero-order chi connectivity index (χ0) is 28.0. The van der Waals surface area contributed by atoms with Gasteiger partial charge in [0.2, 0.25) is 15.9 Å². The number of halogens is 2. The molecule has 4 rings (SSSR count). The van der Waals surface area contributed by atoms with Crippen molar-refractivity contribution in [1.29, 1.82) is 0 Å². The van der Waals surface area contributed by atoms with Gasteiger partial charge < -0.3 is 20.1 Å². The number of fused-ring (bicyclic) bond motifs is 1. The minimum atomic E-state index is -3.79. The third-order valence-electron chi connectivity index (χ3n) is 5.63. The zero-order valence-corrected chi connectivity index (χ0v) is 23.2. The average Bonchev–Trinajstić information content (AvgIpc) is 2.90. The lowest BCUT2D eigenvalue weighted by atomic mass is 10.2. The van der Waals surface area contributed by atoms with Crippen LogP contribution in [0.25, 0.3) is 10.9 Å².